The molecule has 13 heavy (non-hydrogen) atoms. The van der Waals surface area contributed by atoms with Crippen LogP contribution in [-0.2, 0) is 0 Å². The second-order valence-electron chi connectivity index (χ2n) is 3.37. The van der Waals surface area contributed by atoms with Crippen molar-refractivity contribution in [3.63, 3.8) is 0 Å². The summed E-state index contributed by atoms with van der Waals surface area (Å²) >= 11 is 0. The predicted octanol–water partition coefficient (Wildman–Crippen LogP) is 0.804. The predicted molar refractivity (Wildman–Crippen MR) is 57.4 cm³/mol. The molecule has 78 valence electrons. The van der Waals surface area contributed by atoms with Crippen LogP contribution in [0.3, 0.4) is 0 Å². The average molecular weight is 186 g/mol. The van der Waals surface area contributed by atoms with Gasteiger partial charge in [0.15, 0.2) is 0 Å². The zero-order valence-electron chi connectivity index (χ0n) is 9.17. The third-order valence-corrected chi connectivity index (χ3v) is 1.70. The Morgan fingerprint density at radius 1 is 1.46 bits per heavy atom. The minimum Gasteiger partial charge on any atom is -0.342 e. The molecular formula is C9H22N4. The molecule has 0 aromatic heterocycles. The van der Waals surface area contributed by atoms with Crippen molar-refractivity contribution in [2.75, 3.05) is 19.6 Å². The standard InChI is InChI=1S/C9H22N4/c1-5-11-9(12-10)13(6-2)7-8(3)4/h8H,5-7,10H2,1-4H3,(H,11,12). The molecule has 0 atom stereocenters. The lowest BCUT2D eigenvalue weighted by molar-refractivity contribution is 0.369. The highest BCUT2D eigenvalue weighted by molar-refractivity contribution is 5.79. The summed E-state index contributed by atoms with van der Waals surface area (Å²) in [6, 6.07) is 0. The van der Waals surface area contributed by atoms with Crippen molar-refractivity contribution in [3.8, 4) is 0 Å². The maximum Gasteiger partial charge on any atom is 0.208 e. The lowest BCUT2D eigenvalue weighted by Gasteiger charge is -2.25. The largest absolute Gasteiger partial charge is 0.342 e. The van der Waals surface area contributed by atoms with Crippen LogP contribution >= 0.6 is 0 Å². The van der Waals surface area contributed by atoms with E-state index in [9.17, 15) is 0 Å². The minimum atomic E-state index is 0.621. The third-order valence-electron chi connectivity index (χ3n) is 1.70. The Morgan fingerprint density at radius 3 is 2.38 bits per heavy atom. The van der Waals surface area contributed by atoms with Gasteiger partial charge in [0.2, 0.25) is 5.96 Å². The van der Waals surface area contributed by atoms with Gasteiger partial charge in [0.1, 0.15) is 0 Å². The van der Waals surface area contributed by atoms with Crippen molar-refractivity contribution in [2.45, 2.75) is 27.7 Å². The number of hydrazine groups is 1. The molecule has 3 N–H and O–H groups in total. The zero-order valence-corrected chi connectivity index (χ0v) is 9.17. The van der Waals surface area contributed by atoms with Crippen LogP contribution < -0.4 is 11.3 Å². The zero-order chi connectivity index (χ0) is 10.3. The summed E-state index contributed by atoms with van der Waals surface area (Å²) < 4.78 is 0. The molecule has 0 rings (SSSR count). The smallest absolute Gasteiger partial charge is 0.208 e. The molecule has 0 bridgehead atoms. The first-order valence-corrected chi connectivity index (χ1v) is 4.91. The van der Waals surface area contributed by atoms with Gasteiger partial charge in [0.05, 0.1) is 0 Å². The van der Waals surface area contributed by atoms with Gasteiger partial charge >= 0.3 is 0 Å². The maximum absolute atomic E-state index is 5.39. The van der Waals surface area contributed by atoms with Crippen LogP contribution in [0.1, 0.15) is 27.7 Å². The highest BCUT2D eigenvalue weighted by atomic mass is 15.4. The highest BCUT2D eigenvalue weighted by Gasteiger charge is 2.08. The van der Waals surface area contributed by atoms with E-state index in [1.807, 2.05) is 6.92 Å². The van der Waals surface area contributed by atoms with Gasteiger partial charge in [-0.15, -0.1) is 0 Å². The maximum atomic E-state index is 5.39. The van der Waals surface area contributed by atoms with Crippen LogP contribution in [-0.4, -0.2) is 30.5 Å². The van der Waals surface area contributed by atoms with Crippen LogP contribution in [0.15, 0.2) is 4.99 Å². The van der Waals surface area contributed by atoms with E-state index in [-0.39, 0.29) is 0 Å². The molecule has 0 aliphatic carbocycles. The van der Waals surface area contributed by atoms with Gasteiger partial charge < -0.3 is 4.90 Å². The lowest BCUT2D eigenvalue weighted by atomic mass is 10.2. The monoisotopic (exact) mass is 186 g/mol. The fraction of sp³-hybridized carbons (Fsp3) is 0.889. The van der Waals surface area contributed by atoms with Crippen LogP contribution in [0.4, 0.5) is 0 Å². The van der Waals surface area contributed by atoms with E-state index in [1.165, 1.54) is 0 Å². The van der Waals surface area contributed by atoms with Crippen LogP contribution in [0, 0.1) is 5.92 Å². The van der Waals surface area contributed by atoms with Gasteiger partial charge in [-0.3, -0.25) is 10.4 Å². The number of guanidine groups is 1. The summed E-state index contributed by atoms with van der Waals surface area (Å²) in [5.74, 6) is 6.80. The van der Waals surface area contributed by atoms with E-state index in [4.69, 9.17) is 5.84 Å². The first-order chi connectivity index (χ1) is 6.15. The minimum absolute atomic E-state index is 0.621. The molecule has 0 aliphatic rings. The summed E-state index contributed by atoms with van der Waals surface area (Å²) in [5.41, 5.74) is 2.64. The Morgan fingerprint density at radius 2 is 2.08 bits per heavy atom. The second-order valence-corrected chi connectivity index (χ2v) is 3.37. The van der Waals surface area contributed by atoms with Crippen molar-refractivity contribution in [3.05, 3.63) is 0 Å². The van der Waals surface area contributed by atoms with Crippen LogP contribution in [0.25, 0.3) is 0 Å². The Labute approximate surface area is 81.2 Å². The van der Waals surface area contributed by atoms with Crippen molar-refractivity contribution < 1.29 is 0 Å². The van der Waals surface area contributed by atoms with E-state index < -0.39 is 0 Å². The number of rotatable bonds is 4. The molecule has 0 aliphatic heterocycles. The number of hydrogen-bond acceptors (Lipinski definition) is 2. The van der Waals surface area contributed by atoms with E-state index >= 15 is 0 Å². The Bertz CT molecular complexity index is 154. The average Bonchev–Trinajstić information content (AvgIpc) is 2.10. The number of hydrogen-bond donors (Lipinski definition) is 2. The molecule has 0 aromatic carbocycles. The van der Waals surface area contributed by atoms with E-state index in [0.29, 0.717) is 5.92 Å². The first-order valence-electron chi connectivity index (χ1n) is 4.91. The number of nitrogens with zero attached hydrogens (tertiary/aromatic N) is 2. The second kappa shape index (κ2) is 6.71. The summed E-state index contributed by atoms with van der Waals surface area (Å²) in [6.07, 6.45) is 0. The van der Waals surface area contributed by atoms with Gasteiger partial charge in [0, 0.05) is 19.6 Å². The molecule has 0 fully saturated rings. The van der Waals surface area contributed by atoms with E-state index in [1.54, 1.807) is 0 Å². The lowest BCUT2D eigenvalue weighted by Crippen LogP contribution is -2.46. The molecule has 4 heteroatoms. The molecule has 0 unspecified atom stereocenters. The molecule has 4 nitrogen and oxygen atoms in total. The van der Waals surface area contributed by atoms with E-state index in [0.717, 1.165) is 25.6 Å². The summed E-state index contributed by atoms with van der Waals surface area (Å²) in [6.45, 7) is 11.1. The molecule has 0 saturated heterocycles. The Balaban J connectivity index is 4.25. The summed E-state index contributed by atoms with van der Waals surface area (Å²) in [5, 5.41) is 0. The van der Waals surface area contributed by atoms with Crippen LogP contribution in [0.2, 0.25) is 0 Å². The molecule has 0 amide bonds. The van der Waals surface area contributed by atoms with Gasteiger partial charge in [-0.1, -0.05) is 13.8 Å². The third kappa shape index (κ3) is 4.72. The molecule has 0 saturated carbocycles. The number of aliphatic imine (C=N–C) groups is 1. The SMILES string of the molecule is CCN=C(NN)N(CC)CC(C)C. The van der Waals surface area contributed by atoms with Gasteiger partial charge in [0.25, 0.3) is 0 Å². The van der Waals surface area contributed by atoms with Crippen molar-refractivity contribution in [1.29, 1.82) is 0 Å². The quantitative estimate of drug-likeness (QED) is 0.295. The highest BCUT2D eigenvalue weighted by Crippen LogP contribution is 1.98. The first kappa shape index (κ1) is 12.2. The van der Waals surface area contributed by atoms with Gasteiger partial charge in [-0.05, 0) is 19.8 Å². The molecule has 0 heterocycles. The van der Waals surface area contributed by atoms with Gasteiger partial charge in [-0.2, -0.15) is 0 Å². The Hall–Kier alpha value is -0.770. The summed E-state index contributed by atoms with van der Waals surface area (Å²) in [4.78, 5) is 6.42. The number of nitrogens with one attached hydrogen (secondary N) is 1. The van der Waals surface area contributed by atoms with Crippen molar-refractivity contribution >= 4 is 5.96 Å². The fourth-order valence-electron chi connectivity index (χ4n) is 1.19. The Kier molecular flexibility index (Phi) is 6.32. The van der Waals surface area contributed by atoms with E-state index in [2.05, 4.69) is 36.1 Å². The number of nitrogens with two attached hydrogens (primary N) is 1. The molecular weight excluding hydrogens is 164 g/mol. The van der Waals surface area contributed by atoms with Crippen LogP contribution in [0.5, 0.6) is 0 Å². The van der Waals surface area contributed by atoms with Gasteiger partial charge in [-0.25, -0.2) is 5.84 Å². The molecule has 0 aromatic rings. The molecule has 0 radical (unpaired) electrons. The molecule has 0 spiro atoms. The summed E-state index contributed by atoms with van der Waals surface area (Å²) in [7, 11) is 0. The topological polar surface area (TPSA) is 53.6 Å². The van der Waals surface area contributed by atoms with Crippen molar-refractivity contribution in [2.24, 2.45) is 16.8 Å². The van der Waals surface area contributed by atoms with Crippen molar-refractivity contribution in [1.82, 2.24) is 10.3 Å². The normalized spacial score (nSPS) is 12.0. The fourth-order valence-corrected chi connectivity index (χ4v) is 1.19.